The van der Waals surface area contributed by atoms with Gasteiger partial charge in [0.15, 0.2) is 0 Å². The Morgan fingerprint density at radius 1 is 0.841 bits per heavy atom. The lowest BCUT2D eigenvalue weighted by molar-refractivity contribution is 0.122. The number of anilines is 3. The van der Waals surface area contributed by atoms with E-state index in [0.717, 1.165) is 63.4 Å². The summed E-state index contributed by atoms with van der Waals surface area (Å²) in [6, 6.07) is 21.3. The van der Waals surface area contributed by atoms with Gasteiger partial charge in [-0.3, -0.25) is 14.3 Å². The first-order valence-corrected chi connectivity index (χ1v) is 18.4. The van der Waals surface area contributed by atoms with Crippen LogP contribution in [0.15, 0.2) is 72.8 Å². The van der Waals surface area contributed by atoms with Crippen LogP contribution in [-0.2, 0) is 26.6 Å². The average molecular weight is 644 g/mol. The zero-order valence-electron chi connectivity index (χ0n) is 25.3. The zero-order valence-corrected chi connectivity index (χ0v) is 27.0. The van der Waals surface area contributed by atoms with Gasteiger partial charge in [-0.1, -0.05) is 31.5 Å². The van der Waals surface area contributed by atoms with Gasteiger partial charge in [0.2, 0.25) is 20.0 Å². The minimum absolute atomic E-state index is 0.116. The molecule has 1 saturated heterocycles. The number of urea groups is 1. The Kier molecular flexibility index (Phi) is 11.1. The molecule has 1 aliphatic rings. The number of nitrogens with one attached hydrogen (secondary N) is 3. The van der Waals surface area contributed by atoms with E-state index in [1.165, 1.54) is 0 Å². The molecule has 0 bridgehead atoms. The molecule has 4 rings (SSSR count). The fraction of sp³-hybridized carbons (Fsp3) is 0.387. The van der Waals surface area contributed by atoms with Crippen molar-refractivity contribution in [2.45, 2.75) is 45.2 Å². The summed E-state index contributed by atoms with van der Waals surface area (Å²) in [5, 5.41) is 2.96. The summed E-state index contributed by atoms with van der Waals surface area (Å²) >= 11 is 0. The Hall–Kier alpha value is -3.81. The maximum atomic E-state index is 13.3. The Morgan fingerprint density at radius 2 is 1.41 bits per heavy atom. The van der Waals surface area contributed by atoms with Crippen molar-refractivity contribution in [3.05, 3.63) is 78.4 Å². The second-order valence-corrected chi connectivity index (χ2v) is 14.6. The summed E-state index contributed by atoms with van der Waals surface area (Å²) in [4.78, 5) is 17.7. The summed E-state index contributed by atoms with van der Waals surface area (Å²) in [7, 11) is -6.75. The minimum Gasteiger partial charge on any atom is -0.457 e. The lowest BCUT2D eigenvalue weighted by Crippen LogP contribution is -2.49. The highest BCUT2D eigenvalue weighted by Gasteiger charge is 2.28. The molecule has 0 unspecified atom stereocenters. The summed E-state index contributed by atoms with van der Waals surface area (Å²) in [6.07, 6.45) is 5.79. The van der Waals surface area contributed by atoms with E-state index >= 15 is 0 Å². The molecule has 3 N–H and O–H groups in total. The molecule has 11 nitrogen and oxygen atoms in total. The third-order valence-electron chi connectivity index (χ3n) is 7.15. The third kappa shape index (κ3) is 10.7. The number of likely N-dealkylation sites (tertiary alicyclic amines) is 1. The Bertz CT molecular complexity index is 1610. The van der Waals surface area contributed by atoms with E-state index in [1.807, 2.05) is 29.2 Å². The van der Waals surface area contributed by atoms with Gasteiger partial charge in [0.05, 0.1) is 18.2 Å². The molecular weight excluding hydrogens is 603 g/mol. The fourth-order valence-corrected chi connectivity index (χ4v) is 6.22. The van der Waals surface area contributed by atoms with Gasteiger partial charge in [-0.25, -0.2) is 21.6 Å². The average Bonchev–Trinajstić information content (AvgIpc) is 2.95. The number of hydrogen-bond acceptors (Lipinski definition) is 7. The first-order chi connectivity index (χ1) is 20.9. The zero-order chi connectivity index (χ0) is 31.7. The van der Waals surface area contributed by atoms with Gasteiger partial charge in [-0.2, -0.15) is 0 Å². The quantitative estimate of drug-likeness (QED) is 0.223. The predicted octanol–water partition coefficient (Wildman–Crippen LogP) is 5.52. The maximum Gasteiger partial charge on any atom is 0.322 e. The van der Waals surface area contributed by atoms with Crippen molar-refractivity contribution in [2.75, 3.05) is 46.9 Å². The van der Waals surface area contributed by atoms with E-state index in [-0.39, 0.29) is 12.1 Å². The number of carbonyl (C=O) groups excluding carboxylic acids is 1. The summed E-state index contributed by atoms with van der Waals surface area (Å²) in [5.41, 5.74) is 2.57. The number of nitrogens with zero attached hydrogens (tertiary/aromatic N) is 2. The SMILES string of the molecule is CCCCN(C(=O)Nc1cccc(NS(C)(=O)=O)c1)C1CCN(Cc2ccc(Oc3ccc(NS(C)(=O)=O)cc3)cc2)CC1. The van der Waals surface area contributed by atoms with Crippen molar-refractivity contribution < 1.29 is 26.4 Å². The standard InChI is InChI=1S/C31H41N5O6S2/c1-4-5-19-36(31(37)32-26-7-6-8-27(22-26)34-44(3,40)41)28-17-20-35(21-18-28)23-24-9-13-29(14-10-24)42-30-15-11-25(12-16-30)33-43(2,38)39/h6-16,22,28,33-34H,4-5,17-21,23H2,1-3H3,(H,32,37). The Balaban J connectivity index is 1.29. The highest BCUT2D eigenvalue weighted by molar-refractivity contribution is 7.92. The van der Waals surface area contributed by atoms with Gasteiger partial charge < -0.3 is 15.0 Å². The van der Waals surface area contributed by atoms with E-state index < -0.39 is 20.0 Å². The normalized spacial score (nSPS) is 14.5. The van der Waals surface area contributed by atoms with Gasteiger partial charge in [0, 0.05) is 43.6 Å². The second kappa shape index (κ2) is 14.8. The predicted molar refractivity (Wildman–Crippen MR) is 175 cm³/mol. The maximum absolute atomic E-state index is 13.3. The van der Waals surface area contributed by atoms with Crippen molar-refractivity contribution in [3.63, 3.8) is 0 Å². The highest BCUT2D eigenvalue weighted by Crippen LogP contribution is 2.26. The molecular formula is C31H41N5O6S2. The molecule has 1 fully saturated rings. The van der Waals surface area contributed by atoms with Crippen molar-refractivity contribution in [2.24, 2.45) is 0 Å². The fourth-order valence-electron chi connectivity index (χ4n) is 5.10. The van der Waals surface area contributed by atoms with Crippen molar-refractivity contribution in [1.29, 1.82) is 0 Å². The van der Waals surface area contributed by atoms with Crippen LogP contribution in [0.1, 0.15) is 38.2 Å². The first-order valence-electron chi connectivity index (χ1n) is 14.6. The molecule has 238 valence electrons. The number of sulfonamides is 2. The molecule has 0 spiro atoms. The number of piperidine rings is 1. The minimum atomic E-state index is -3.42. The van der Waals surface area contributed by atoms with Crippen LogP contribution in [0, 0.1) is 0 Å². The van der Waals surface area contributed by atoms with Crippen molar-refractivity contribution in [1.82, 2.24) is 9.80 Å². The monoisotopic (exact) mass is 643 g/mol. The summed E-state index contributed by atoms with van der Waals surface area (Å²) in [5.74, 6) is 1.29. The molecule has 2 amide bonds. The molecule has 3 aromatic rings. The highest BCUT2D eigenvalue weighted by atomic mass is 32.2. The number of hydrogen-bond donors (Lipinski definition) is 3. The number of benzene rings is 3. The third-order valence-corrected chi connectivity index (χ3v) is 8.36. The van der Waals surface area contributed by atoms with Gasteiger partial charge in [-0.05, 0) is 79.4 Å². The molecule has 44 heavy (non-hydrogen) atoms. The van der Waals surface area contributed by atoms with Crippen molar-refractivity contribution in [3.8, 4) is 11.5 Å². The summed E-state index contributed by atoms with van der Waals surface area (Å²) < 4.78 is 56.8. The van der Waals surface area contributed by atoms with Crippen molar-refractivity contribution >= 4 is 43.1 Å². The molecule has 3 aromatic carbocycles. The number of amides is 2. The molecule has 0 aliphatic carbocycles. The van der Waals surface area contributed by atoms with Crippen LogP contribution < -0.4 is 19.5 Å². The molecule has 0 saturated carbocycles. The van der Waals surface area contributed by atoms with E-state index in [2.05, 4.69) is 26.6 Å². The molecule has 0 atom stereocenters. The van der Waals surface area contributed by atoms with Crippen LogP contribution in [0.4, 0.5) is 21.9 Å². The van der Waals surface area contributed by atoms with Crippen LogP contribution in [-0.4, -0.2) is 70.9 Å². The van der Waals surface area contributed by atoms with E-state index in [4.69, 9.17) is 4.74 Å². The Morgan fingerprint density at radius 3 is 2.00 bits per heavy atom. The molecule has 1 heterocycles. The largest absolute Gasteiger partial charge is 0.457 e. The van der Waals surface area contributed by atoms with E-state index in [1.54, 1.807) is 48.5 Å². The Labute approximate surface area is 260 Å². The summed E-state index contributed by atoms with van der Waals surface area (Å²) in [6.45, 7) is 5.28. The molecule has 1 aliphatic heterocycles. The number of rotatable bonds is 13. The number of ether oxygens (including phenoxy) is 1. The van der Waals surface area contributed by atoms with Gasteiger partial charge in [0.1, 0.15) is 11.5 Å². The number of carbonyl (C=O) groups is 1. The van der Waals surface area contributed by atoms with Crippen LogP contribution in [0.3, 0.4) is 0 Å². The lowest BCUT2D eigenvalue weighted by atomic mass is 10.0. The second-order valence-electron chi connectivity index (χ2n) is 11.1. The smallest absolute Gasteiger partial charge is 0.322 e. The van der Waals surface area contributed by atoms with Crippen LogP contribution in [0.2, 0.25) is 0 Å². The topological polar surface area (TPSA) is 137 Å². The first kappa shape index (κ1) is 33.1. The van der Waals surface area contributed by atoms with Gasteiger partial charge in [0.25, 0.3) is 0 Å². The molecule has 0 radical (unpaired) electrons. The van der Waals surface area contributed by atoms with E-state index in [0.29, 0.717) is 35.1 Å². The number of unbranched alkanes of at least 4 members (excludes halogenated alkanes) is 1. The van der Waals surface area contributed by atoms with Crippen LogP contribution in [0.5, 0.6) is 11.5 Å². The van der Waals surface area contributed by atoms with E-state index in [9.17, 15) is 21.6 Å². The van der Waals surface area contributed by atoms with Gasteiger partial charge >= 0.3 is 6.03 Å². The molecule has 13 heteroatoms. The van der Waals surface area contributed by atoms with Crippen LogP contribution in [0.25, 0.3) is 0 Å². The van der Waals surface area contributed by atoms with Crippen LogP contribution >= 0.6 is 0 Å². The lowest BCUT2D eigenvalue weighted by Gasteiger charge is -2.38. The molecule has 0 aromatic heterocycles. The van der Waals surface area contributed by atoms with Gasteiger partial charge in [-0.15, -0.1) is 0 Å².